The van der Waals surface area contributed by atoms with Crippen LogP contribution in [0.4, 0.5) is 4.79 Å². The van der Waals surface area contributed by atoms with Gasteiger partial charge in [0.15, 0.2) is 4.90 Å². The molecule has 2 rings (SSSR count). The molecule has 21 heavy (non-hydrogen) atoms. The maximum absolute atomic E-state index is 11.6. The van der Waals surface area contributed by atoms with Crippen LogP contribution < -0.4 is 4.74 Å². The number of halogens is 1. The van der Waals surface area contributed by atoms with Crippen molar-refractivity contribution in [3.05, 3.63) is 59.1 Å². The van der Waals surface area contributed by atoms with E-state index in [4.69, 9.17) is 21.1 Å². The van der Waals surface area contributed by atoms with Crippen LogP contribution in [0.1, 0.15) is 5.56 Å². The number of carbonyl (C=O) groups is 1. The topological polar surface area (TPSA) is 35.5 Å². The van der Waals surface area contributed by atoms with E-state index in [1.54, 1.807) is 24.3 Å². The van der Waals surface area contributed by atoms with Gasteiger partial charge in [-0.2, -0.15) is 0 Å². The van der Waals surface area contributed by atoms with Crippen molar-refractivity contribution in [2.45, 2.75) is 11.5 Å². The van der Waals surface area contributed by atoms with Crippen LogP contribution >= 0.6 is 11.6 Å². The van der Waals surface area contributed by atoms with Crippen molar-refractivity contribution in [1.82, 2.24) is 0 Å². The molecule has 0 aliphatic rings. The van der Waals surface area contributed by atoms with Crippen LogP contribution in [-0.2, 0) is 22.2 Å². The molecule has 0 radical (unpaired) electrons. The Hall–Kier alpha value is -1.65. The maximum Gasteiger partial charge on any atom is 0.514 e. The Labute approximate surface area is 132 Å². The van der Waals surface area contributed by atoms with Gasteiger partial charge in [-0.25, -0.2) is 4.79 Å². The van der Waals surface area contributed by atoms with E-state index in [1.165, 1.54) is 4.90 Å². The molecule has 3 nitrogen and oxygen atoms in total. The number of carbonyl (C=O) groups excluding carboxylic acids is 1. The molecule has 0 unspecified atom stereocenters. The van der Waals surface area contributed by atoms with E-state index >= 15 is 0 Å². The Bertz CT molecular complexity index is 611. The minimum absolute atomic E-state index is 0.0873. The summed E-state index contributed by atoms with van der Waals surface area (Å²) < 4.78 is 10.2. The summed E-state index contributed by atoms with van der Waals surface area (Å²) in [7, 11) is 0.183. The Balaban J connectivity index is 1.88. The highest BCUT2D eigenvalue weighted by atomic mass is 35.5. The van der Waals surface area contributed by atoms with Crippen LogP contribution in [0, 0.1) is 0 Å². The van der Waals surface area contributed by atoms with Crippen molar-refractivity contribution in [1.29, 1.82) is 0 Å². The fourth-order valence-corrected chi connectivity index (χ4v) is 2.53. The van der Waals surface area contributed by atoms with Crippen molar-refractivity contribution in [3.63, 3.8) is 0 Å². The molecule has 0 N–H and O–H groups in total. The Morgan fingerprint density at radius 1 is 1.10 bits per heavy atom. The molecule has 0 aromatic heterocycles. The average molecular weight is 324 g/mol. The zero-order valence-electron chi connectivity index (χ0n) is 11.8. The lowest BCUT2D eigenvalue weighted by Gasteiger charge is -2.07. The van der Waals surface area contributed by atoms with Gasteiger partial charge in [-0.05, 0) is 30.3 Å². The number of rotatable bonds is 4. The Kier molecular flexibility index (Phi) is 5.53. The van der Waals surface area contributed by atoms with Gasteiger partial charge in [-0.15, -0.1) is 0 Å². The number of hydrogen-bond acceptors (Lipinski definition) is 3. The van der Waals surface area contributed by atoms with Crippen LogP contribution in [0.3, 0.4) is 0 Å². The second-order valence-electron chi connectivity index (χ2n) is 4.52. The minimum Gasteiger partial charge on any atom is -0.429 e. The molecule has 2 aromatic rings. The highest BCUT2D eigenvalue weighted by Gasteiger charge is 2.11. The summed E-state index contributed by atoms with van der Waals surface area (Å²) in [5, 5.41) is 0.563. The summed E-state index contributed by atoms with van der Waals surface area (Å²) in [6.45, 7) is 0.0873. The Morgan fingerprint density at radius 2 is 1.76 bits per heavy atom. The van der Waals surface area contributed by atoms with Crippen molar-refractivity contribution in [2.75, 3.05) is 12.5 Å². The van der Waals surface area contributed by atoms with E-state index < -0.39 is 6.16 Å². The van der Waals surface area contributed by atoms with Gasteiger partial charge in [-0.1, -0.05) is 29.8 Å². The lowest BCUT2D eigenvalue weighted by atomic mass is 10.2. The summed E-state index contributed by atoms with van der Waals surface area (Å²) in [5.74, 6) is 0.466. The molecular formula is C16H16ClO3S+. The third kappa shape index (κ3) is 4.69. The molecule has 0 amide bonds. The molecule has 0 fully saturated rings. The average Bonchev–Trinajstić information content (AvgIpc) is 2.47. The summed E-state index contributed by atoms with van der Waals surface area (Å²) in [6.07, 6.45) is 3.52. The van der Waals surface area contributed by atoms with Crippen LogP contribution in [0.5, 0.6) is 5.75 Å². The number of ether oxygens (including phenoxy) is 2. The van der Waals surface area contributed by atoms with Crippen LogP contribution in [-0.4, -0.2) is 18.7 Å². The van der Waals surface area contributed by atoms with Crippen molar-refractivity contribution < 1.29 is 14.3 Å². The molecule has 0 spiro atoms. The largest absolute Gasteiger partial charge is 0.514 e. The van der Waals surface area contributed by atoms with Crippen molar-refractivity contribution >= 4 is 28.7 Å². The monoisotopic (exact) mass is 323 g/mol. The molecule has 0 aliphatic heterocycles. The smallest absolute Gasteiger partial charge is 0.429 e. The molecule has 0 bridgehead atoms. The molecule has 0 saturated heterocycles. The standard InChI is InChI=1S/C16H16ClO3S/c1-21(2)14-9-7-13(8-10-14)20-16(18)19-11-12-5-3-4-6-15(12)17/h3-10H,11H2,1-2H3/q+1. The normalized spacial score (nSPS) is 10.5. The van der Waals surface area contributed by atoms with Crippen LogP contribution in [0.15, 0.2) is 53.4 Å². The predicted octanol–water partition coefficient (Wildman–Crippen LogP) is 4.29. The molecular weight excluding hydrogens is 308 g/mol. The van der Waals surface area contributed by atoms with E-state index in [1.807, 2.05) is 24.3 Å². The summed E-state index contributed by atoms with van der Waals surface area (Å²) in [6, 6.07) is 14.6. The van der Waals surface area contributed by atoms with Gasteiger partial charge < -0.3 is 9.47 Å². The summed E-state index contributed by atoms with van der Waals surface area (Å²) >= 11 is 5.98. The molecule has 0 heterocycles. The zero-order chi connectivity index (χ0) is 15.2. The molecule has 0 saturated carbocycles. The van der Waals surface area contributed by atoms with Gasteiger partial charge in [0.05, 0.1) is 0 Å². The molecule has 2 aromatic carbocycles. The molecule has 0 atom stereocenters. The Morgan fingerprint density at radius 3 is 2.38 bits per heavy atom. The van der Waals surface area contributed by atoms with Gasteiger partial charge in [0.25, 0.3) is 0 Å². The van der Waals surface area contributed by atoms with Crippen molar-refractivity contribution in [3.8, 4) is 5.75 Å². The first-order valence-electron chi connectivity index (χ1n) is 6.32. The van der Waals surface area contributed by atoms with E-state index in [9.17, 15) is 4.79 Å². The molecule has 110 valence electrons. The van der Waals surface area contributed by atoms with E-state index in [-0.39, 0.29) is 17.5 Å². The fraction of sp³-hybridized carbons (Fsp3) is 0.188. The van der Waals surface area contributed by atoms with E-state index in [2.05, 4.69) is 12.5 Å². The zero-order valence-corrected chi connectivity index (χ0v) is 13.4. The first-order valence-corrected chi connectivity index (χ1v) is 8.74. The minimum atomic E-state index is -0.741. The summed E-state index contributed by atoms with van der Waals surface area (Å²) in [4.78, 5) is 12.8. The maximum atomic E-state index is 11.6. The lowest BCUT2D eigenvalue weighted by molar-refractivity contribution is 0.0928. The van der Waals surface area contributed by atoms with Crippen molar-refractivity contribution in [2.24, 2.45) is 0 Å². The molecule has 0 aliphatic carbocycles. The fourth-order valence-electron chi connectivity index (χ4n) is 1.66. The summed E-state index contributed by atoms with van der Waals surface area (Å²) in [5.41, 5.74) is 0.743. The number of hydrogen-bond donors (Lipinski definition) is 0. The lowest BCUT2D eigenvalue weighted by Crippen LogP contribution is -2.10. The van der Waals surface area contributed by atoms with E-state index in [0.717, 1.165) is 5.56 Å². The first-order chi connectivity index (χ1) is 10.1. The third-order valence-electron chi connectivity index (χ3n) is 2.80. The van der Waals surface area contributed by atoms with Gasteiger partial charge >= 0.3 is 6.16 Å². The van der Waals surface area contributed by atoms with Gasteiger partial charge in [0.2, 0.25) is 0 Å². The van der Waals surface area contributed by atoms with Crippen LogP contribution in [0.2, 0.25) is 5.02 Å². The SMILES string of the molecule is C[S+](C)c1ccc(OC(=O)OCc2ccccc2Cl)cc1. The highest BCUT2D eigenvalue weighted by molar-refractivity contribution is 7.95. The van der Waals surface area contributed by atoms with E-state index in [0.29, 0.717) is 10.8 Å². The van der Waals surface area contributed by atoms with Crippen LogP contribution in [0.25, 0.3) is 0 Å². The predicted molar refractivity (Wildman–Crippen MR) is 86.2 cm³/mol. The van der Waals surface area contributed by atoms with Gasteiger partial charge in [-0.3, -0.25) is 0 Å². The quantitative estimate of drug-likeness (QED) is 0.478. The third-order valence-corrected chi connectivity index (χ3v) is 4.38. The molecule has 5 heteroatoms. The second-order valence-corrected chi connectivity index (χ2v) is 7.03. The van der Waals surface area contributed by atoms with Gasteiger partial charge in [0, 0.05) is 21.5 Å². The number of benzene rings is 2. The highest BCUT2D eigenvalue weighted by Crippen LogP contribution is 2.18. The first kappa shape index (κ1) is 15.7. The second kappa shape index (κ2) is 7.38. The van der Waals surface area contributed by atoms with Gasteiger partial charge in [0.1, 0.15) is 24.9 Å².